The zero-order chi connectivity index (χ0) is 23.0. The topological polar surface area (TPSA) is 44.7 Å². The van der Waals surface area contributed by atoms with Gasteiger partial charge in [0.25, 0.3) is 0 Å². The molecular formula is C30H37N3O. The van der Waals surface area contributed by atoms with Gasteiger partial charge in [0, 0.05) is 43.7 Å². The van der Waals surface area contributed by atoms with Gasteiger partial charge in [0.2, 0.25) is 5.91 Å². The van der Waals surface area contributed by atoms with E-state index in [0.29, 0.717) is 24.4 Å². The molecule has 4 nitrogen and oxygen atoms in total. The third kappa shape index (κ3) is 4.00. The van der Waals surface area contributed by atoms with Crippen LogP contribution in [0.25, 0.3) is 0 Å². The number of hydrogen-bond donors (Lipinski definition) is 1. The van der Waals surface area contributed by atoms with E-state index in [9.17, 15) is 4.79 Å². The molecule has 0 radical (unpaired) electrons. The molecule has 0 spiro atoms. The third-order valence-corrected chi connectivity index (χ3v) is 9.11. The lowest BCUT2D eigenvalue weighted by molar-refractivity contribution is -0.132. The average molecular weight is 456 g/mol. The summed E-state index contributed by atoms with van der Waals surface area (Å²) in [4.78, 5) is 21.8. The van der Waals surface area contributed by atoms with Crippen LogP contribution in [-0.2, 0) is 17.8 Å². The molecule has 5 atom stereocenters. The van der Waals surface area contributed by atoms with Gasteiger partial charge in [0.15, 0.2) is 0 Å². The first-order chi connectivity index (χ1) is 16.7. The van der Waals surface area contributed by atoms with Gasteiger partial charge in [0.1, 0.15) is 5.54 Å². The molecule has 0 unspecified atom stereocenters. The van der Waals surface area contributed by atoms with E-state index >= 15 is 0 Å². The minimum Gasteiger partial charge on any atom is -0.350 e. The maximum atomic E-state index is 13.9. The van der Waals surface area contributed by atoms with Crippen molar-refractivity contribution in [2.24, 2.45) is 28.7 Å². The highest BCUT2D eigenvalue weighted by Crippen LogP contribution is 2.54. The van der Waals surface area contributed by atoms with Crippen LogP contribution in [0.2, 0.25) is 0 Å². The number of carbonyl (C=O) groups excluding carboxylic acids is 1. The van der Waals surface area contributed by atoms with Crippen LogP contribution in [0.3, 0.4) is 0 Å². The second-order valence-electron chi connectivity index (χ2n) is 11.2. The Balaban J connectivity index is 1.29. The van der Waals surface area contributed by atoms with Gasteiger partial charge in [-0.2, -0.15) is 0 Å². The van der Waals surface area contributed by atoms with Gasteiger partial charge < -0.3 is 5.32 Å². The average Bonchev–Trinajstić information content (AvgIpc) is 3.19. The van der Waals surface area contributed by atoms with Gasteiger partial charge in [-0.05, 0) is 48.6 Å². The van der Waals surface area contributed by atoms with Crippen LogP contribution >= 0.6 is 0 Å². The molecule has 34 heavy (non-hydrogen) atoms. The summed E-state index contributed by atoms with van der Waals surface area (Å²) in [6.07, 6.45) is 10.9. The van der Waals surface area contributed by atoms with E-state index in [1.807, 2.05) is 18.2 Å². The standard InChI is InChI=1S/C30H37N3O/c34-29(31-18-23-12-6-2-7-13-23)30-17-25-21-33(20-24-14-8-3-9-15-24)28(26(25)19-32-30)27(30)16-22-10-4-1-5-11-22/h1-2,4-7,10-13,19,24-28H,3,8-9,14-18,20-21H2,(H,31,34)/t25-,26-,27+,28+,30+/m1/s1. The molecule has 1 amide bonds. The number of nitrogens with one attached hydrogen (secondary N) is 1. The van der Waals surface area contributed by atoms with Crippen LogP contribution in [0.15, 0.2) is 65.7 Å². The van der Waals surface area contributed by atoms with E-state index in [4.69, 9.17) is 4.99 Å². The summed E-state index contributed by atoms with van der Waals surface area (Å²) in [6, 6.07) is 21.4. The minimum absolute atomic E-state index is 0.126. The Bertz CT molecular complexity index is 1020. The molecule has 2 aromatic rings. The fourth-order valence-corrected chi connectivity index (χ4v) is 7.51. The molecule has 2 saturated carbocycles. The first-order valence-electron chi connectivity index (χ1n) is 13.4. The Kier molecular flexibility index (Phi) is 6.02. The van der Waals surface area contributed by atoms with E-state index in [2.05, 4.69) is 58.9 Å². The lowest BCUT2D eigenvalue weighted by Gasteiger charge is -2.51. The van der Waals surface area contributed by atoms with Gasteiger partial charge >= 0.3 is 0 Å². The number of hydrogen-bond acceptors (Lipinski definition) is 3. The summed E-state index contributed by atoms with van der Waals surface area (Å²) in [5, 5.41) is 3.29. The molecule has 4 bridgehead atoms. The molecule has 5 aliphatic rings. The molecule has 7 rings (SSSR count). The molecule has 3 aliphatic heterocycles. The van der Waals surface area contributed by atoms with Crippen LogP contribution in [0, 0.1) is 23.7 Å². The summed E-state index contributed by atoms with van der Waals surface area (Å²) < 4.78 is 0. The lowest BCUT2D eigenvalue weighted by Crippen LogP contribution is -2.64. The van der Waals surface area contributed by atoms with Crippen molar-refractivity contribution in [3.63, 3.8) is 0 Å². The lowest BCUT2D eigenvalue weighted by atomic mass is 9.59. The first kappa shape index (κ1) is 22.0. The number of nitrogens with zero attached hydrogens (tertiary/aromatic N) is 2. The van der Waals surface area contributed by atoms with Crippen LogP contribution in [0.5, 0.6) is 0 Å². The summed E-state index contributed by atoms with van der Waals surface area (Å²) in [6.45, 7) is 2.91. The van der Waals surface area contributed by atoms with Crippen molar-refractivity contribution in [1.82, 2.24) is 10.2 Å². The monoisotopic (exact) mass is 455 g/mol. The summed E-state index contributed by atoms with van der Waals surface area (Å²) >= 11 is 0. The number of likely N-dealkylation sites (tertiary alicyclic amines) is 1. The summed E-state index contributed by atoms with van der Waals surface area (Å²) in [5.41, 5.74) is 1.82. The maximum absolute atomic E-state index is 13.9. The highest BCUT2D eigenvalue weighted by molar-refractivity contribution is 5.91. The van der Waals surface area contributed by atoms with Crippen molar-refractivity contribution in [2.75, 3.05) is 13.1 Å². The molecule has 0 aromatic heterocycles. The molecule has 3 fully saturated rings. The molecule has 3 heterocycles. The second kappa shape index (κ2) is 9.30. The minimum atomic E-state index is -0.643. The molecular weight excluding hydrogens is 418 g/mol. The van der Waals surface area contributed by atoms with Crippen molar-refractivity contribution in [3.05, 3.63) is 71.8 Å². The zero-order valence-corrected chi connectivity index (χ0v) is 20.1. The predicted molar refractivity (Wildman–Crippen MR) is 137 cm³/mol. The SMILES string of the molecule is O=C(NCc1ccccc1)[C@@]12C[C@@H]3CN(CC4CCCCC4)[C@@H]([C@@H]3C=N1)[C@@H]2Cc1ccccc1. The van der Waals surface area contributed by atoms with Crippen molar-refractivity contribution >= 4 is 12.1 Å². The molecule has 178 valence electrons. The van der Waals surface area contributed by atoms with E-state index < -0.39 is 5.54 Å². The largest absolute Gasteiger partial charge is 0.350 e. The van der Waals surface area contributed by atoms with E-state index in [1.165, 1.54) is 44.2 Å². The quantitative estimate of drug-likeness (QED) is 0.646. The number of amides is 1. The van der Waals surface area contributed by atoms with Crippen molar-refractivity contribution in [1.29, 1.82) is 0 Å². The zero-order valence-electron chi connectivity index (χ0n) is 20.1. The van der Waals surface area contributed by atoms with Crippen LogP contribution < -0.4 is 5.32 Å². The Hall–Kier alpha value is -2.46. The third-order valence-electron chi connectivity index (χ3n) is 9.11. The summed E-state index contributed by atoms with van der Waals surface area (Å²) in [7, 11) is 0. The Morgan fingerprint density at radius 3 is 2.41 bits per heavy atom. The second-order valence-corrected chi connectivity index (χ2v) is 11.2. The molecule has 1 N–H and O–H groups in total. The Morgan fingerprint density at radius 2 is 1.68 bits per heavy atom. The molecule has 4 heteroatoms. The van der Waals surface area contributed by atoms with Crippen molar-refractivity contribution in [2.45, 2.75) is 63.1 Å². The number of carbonyl (C=O) groups is 1. The maximum Gasteiger partial charge on any atom is 0.248 e. The van der Waals surface area contributed by atoms with Crippen LogP contribution in [0.4, 0.5) is 0 Å². The Labute approximate surface area is 203 Å². The fourth-order valence-electron chi connectivity index (χ4n) is 7.51. The highest BCUT2D eigenvalue weighted by atomic mass is 16.2. The van der Waals surface area contributed by atoms with Crippen molar-refractivity contribution < 1.29 is 4.79 Å². The van der Waals surface area contributed by atoms with Crippen LogP contribution in [-0.4, -0.2) is 41.7 Å². The number of rotatable bonds is 7. The normalized spacial score (nSPS) is 32.7. The van der Waals surface area contributed by atoms with Crippen LogP contribution in [0.1, 0.15) is 49.7 Å². The predicted octanol–water partition coefficient (Wildman–Crippen LogP) is 4.89. The van der Waals surface area contributed by atoms with E-state index in [-0.39, 0.29) is 11.8 Å². The van der Waals surface area contributed by atoms with Gasteiger partial charge in [-0.15, -0.1) is 0 Å². The van der Waals surface area contributed by atoms with Gasteiger partial charge in [-0.25, -0.2) is 0 Å². The molecule has 2 aromatic carbocycles. The van der Waals surface area contributed by atoms with E-state index in [1.54, 1.807) is 0 Å². The van der Waals surface area contributed by atoms with Crippen molar-refractivity contribution in [3.8, 4) is 0 Å². The number of aliphatic imine (C=N–C) groups is 1. The smallest absolute Gasteiger partial charge is 0.248 e. The van der Waals surface area contributed by atoms with Gasteiger partial charge in [0.05, 0.1) is 0 Å². The highest BCUT2D eigenvalue weighted by Gasteiger charge is 2.63. The molecule has 1 saturated heterocycles. The first-order valence-corrected chi connectivity index (χ1v) is 13.4. The van der Waals surface area contributed by atoms with Gasteiger partial charge in [-0.1, -0.05) is 79.9 Å². The van der Waals surface area contributed by atoms with E-state index in [0.717, 1.165) is 30.9 Å². The summed E-state index contributed by atoms with van der Waals surface area (Å²) in [5.74, 6) is 2.23. The number of benzene rings is 2. The molecule has 2 aliphatic carbocycles. The van der Waals surface area contributed by atoms with Gasteiger partial charge in [-0.3, -0.25) is 14.7 Å². The Morgan fingerprint density at radius 1 is 0.971 bits per heavy atom. The fraction of sp³-hybridized carbons (Fsp3) is 0.533.